The maximum absolute atomic E-state index is 10.9. The first-order valence-corrected chi connectivity index (χ1v) is 3.45. The Morgan fingerprint density at radius 1 is 1.54 bits per heavy atom. The number of hydrogen-bond acceptors (Lipinski definition) is 3. The molecule has 0 bridgehead atoms. The van der Waals surface area contributed by atoms with Crippen molar-refractivity contribution in [1.29, 1.82) is 0 Å². The lowest BCUT2D eigenvalue weighted by atomic mass is 10.2. The van der Waals surface area contributed by atoms with Gasteiger partial charge in [-0.05, 0) is 6.07 Å². The minimum Gasteiger partial charge on any atom is -0.475 e. The van der Waals surface area contributed by atoms with Gasteiger partial charge in [-0.3, -0.25) is 9.59 Å². The van der Waals surface area contributed by atoms with Gasteiger partial charge in [0.05, 0.1) is 5.69 Å². The Bertz CT molecular complexity index is 377. The second-order valence-corrected chi connectivity index (χ2v) is 2.52. The first-order valence-electron chi connectivity index (χ1n) is 3.45. The van der Waals surface area contributed by atoms with Crippen molar-refractivity contribution in [2.24, 2.45) is 7.05 Å². The van der Waals surface area contributed by atoms with E-state index in [0.717, 1.165) is 0 Å². The van der Waals surface area contributed by atoms with Crippen molar-refractivity contribution < 1.29 is 19.5 Å². The van der Waals surface area contributed by atoms with E-state index in [0.29, 0.717) is 6.29 Å². The lowest BCUT2D eigenvalue weighted by molar-refractivity contribution is -0.131. The van der Waals surface area contributed by atoms with E-state index >= 15 is 0 Å². The monoisotopic (exact) mass is 181 g/mol. The van der Waals surface area contributed by atoms with Gasteiger partial charge >= 0.3 is 5.97 Å². The van der Waals surface area contributed by atoms with Gasteiger partial charge in [-0.15, -0.1) is 0 Å². The molecule has 5 nitrogen and oxygen atoms in total. The third kappa shape index (κ3) is 1.64. The number of Topliss-reactive ketones (excluding diaryl/α,β-unsaturated/α-hetero) is 1. The minimum absolute atomic E-state index is 0.0112. The van der Waals surface area contributed by atoms with Gasteiger partial charge < -0.3 is 9.67 Å². The fraction of sp³-hybridized carbons (Fsp3) is 0.125. The summed E-state index contributed by atoms with van der Waals surface area (Å²) in [5.74, 6) is -2.54. The fourth-order valence-corrected chi connectivity index (χ4v) is 0.946. The number of aldehydes is 1. The topological polar surface area (TPSA) is 76.4 Å². The standard InChI is InChI=1S/C8H7NO4/c1-9-3-5(2-6(9)4-10)7(11)8(12)13/h2-4H,1H3,(H,12,13). The van der Waals surface area contributed by atoms with Crippen LogP contribution >= 0.6 is 0 Å². The van der Waals surface area contributed by atoms with E-state index < -0.39 is 11.8 Å². The lowest BCUT2D eigenvalue weighted by Crippen LogP contribution is -2.11. The number of carbonyl (C=O) groups is 3. The summed E-state index contributed by atoms with van der Waals surface area (Å²) >= 11 is 0. The Labute approximate surface area is 73.6 Å². The maximum Gasteiger partial charge on any atom is 0.377 e. The molecule has 0 amide bonds. The Hall–Kier alpha value is -1.91. The zero-order chi connectivity index (χ0) is 10.0. The molecule has 1 heterocycles. The second kappa shape index (κ2) is 3.22. The van der Waals surface area contributed by atoms with Crippen LogP contribution in [0.15, 0.2) is 12.3 Å². The summed E-state index contributed by atoms with van der Waals surface area (Å²) < 4.78 is 1.39. The van der Waals surface area contributed by atoms with Crippen LogP contribution in [0.5, 0.6) is 0 Å². The van der Waals surface area contributed by atoms with E-state index in [-0.39, 0.29) is 11.3 Å². The van der Waals surface area contributed by atoms with Crippen LogP contribution in [0.2, 0.25) is 0 Å². The van der Waals surface area contributed by atoms with Crippen LogP contribution in [-0.4, -0.2) is 27.7 Å². The molecule has 0 aliphatic carbocycles. The van der Waals surface area contributed by atoms with Crippen molar-refractivity contribution in [2.75, 3.05) is 0 Å². The number of carboxylic acids is 1. The summed E-state index contributed by atoms with van der Waals surface area (Å²) in [6.45, 7) is 0. The van der Waals surface area contributed by atoms with E-state index in [1.165, 1.54) is 16.8 Å². The SMILES string of the molecule is Cn1cc(C(=O)C(=O)O)cc1C=O. The summed E-state index contributed by atoms with van der Waals surface area (Å²) in [5, 5.41) is 8.36. The van der Waals surface area contributed by atoms with Gasteiger partial charge in [0.2, 0.25) is 0 Å². The van der Waals surface area contributed by atoms with Gasteiger partial charge in [0.15, 0.2) is 6.29 Å². The number of aryl methyl sites for hydroxylation is 1. The Morgan fingerprint density at radius 2 is 2.15 bits per heavy atom. The van der Waals surface area contributed by atoms with Crippen LogP contribution < -0.4 is 0 Å². The summed E-state index contributed by atoms with van der Waals surface area (Å²) in [5.41, 5.74) is 0.279. The van der Waals surface area contributed by atoms with Gasteiger partial charge in [0.1, 0.15) is 0 Å². The number of hydrogen-bond donors (Lipinski definition) is 1. The third-order valence-electron chi connectivity index (χ3n) is 1.62. The van der Waals surface area contributed by atoms with Gasteiger partial charge in [0.25, 0.3) is 5.78 Å². The molecular formula is C8H7NO4. The number of aromatic nitrogens is 1. The van der Waals surface area contributed by atoms with E-state index in [4.69, 9.17) is 5.11 Å². The van der Waals surface area contributed by atoms with Gasteiger partial charge in [-0.1, -0.05) is 0 Å². The highest BCUT2D eigenvalue weighted by Gasteiger charge is 2.16. The van der Waals surface area contributed by atoms with Gasteiger partial charge in [-0.2, -0.15) is 0 Å². The minimum atomic E-state index is -1.52. The van der Waals surface area contributed by atoms with Crippen molar-refractivity contribution in [3.05, 3.63) is 23.5 Å². The summed E-state index contributed by atoms with van der Waals surface area (Å²) in [7, 11) is 1.56. The van der Waals surface area contributed by atoms with Crippen LogP contribution in [0.1, 0.15) is 20.8 Å². The molecule has 0 aliphatic rings. The molecule has 0 saturated heterocycles. The predicted octanol–water partition coefficient (Wildman–Crippen LogP) is 0.105. The second-order valence-electron chi connectivity index (χ2n) is 2.52. The molecule has 1 rings (SSSR count). The van der Waals surface area contributed by atoms with Crippen molar-refractivity contribution in [3.8, 4) is 0 Å². The fourth-order valence-electron chi connectivity index (χ4n) is 0.946. The van der Waals surface area contributed by atoms with Crippen molar-refractivity contribution in [3.63, 3.8) is 0 Å². The molecule has 0 spiro atoms. The Morgan fingerprint density at radius 3 is 2.54 bits per heavy atom. The molecule has 1 aromatic heterocycles. The largest absolute Gasteiger partial charge is 0.475 e. The summed E-state index contributed by atoms with van der Waals surface area (Å²) in [6, 6.07) is 1.24. The maximum atomic E-state index is 10.9. The molecule has 0 radical (unpaired) electrons. The average Bonchev–Trinajstić information content (AvgIpc) is 2.45. The number of carboxylic acid groups (broad SMARTS) is 1. The molecule has 0 fully saturated rings. The number of nitrogens with zero attached hydrogens (tertiary/aromatic N) is 1. The molecule has 5 heteroatoms. The van der Waals surface area contributed by atoms with Crippen LogP contribution in [0.3, 0.4) is 0 Å². The molecular weight excluding hydrogens is 174 g/mol. The number of rotatable bonds is 3. The normalized spacial score (nSPS) is 9.62. The molecule has 13 heavy (non-hydrogen) atoms. The molecule has 1 N–H and O–H groups in total. The highest BCUT2D eigenvalue weighted by atomic mass is 16.4. The quantitative estimate of drug-likeness (QED) is 0.407. The van der Waals surface area contributed by atoms with Crippen LogP contribution in [0.25, 0.3) is 0 Å². The summed E-state index contributed by atoms with van der Waals surface area (Å²) in [6.07, 6.45) is 1.86. The molecule has 0 atom stereocenters. The van der Waals surface area contributed by atoms with E-state index in [9.17, 15) is 14.4 Å². The molecule has 1 aromatic rings. The highest BCUT2D eigenvalue weighted by molar-refractivity contribution is 6.39. The van der Waals surface area contributed by atoms with Crippen molar-refractivity contribution in [2.45, 2.75) is 0 Å². The molecule has 0 aliphatic heterocycles. The summed E-state index contributed by atoms with van der Waals surface area (Å²) in [4.78, 5) is 31.5. The van der Waals surface area contributed by atoms with Gasteiger partial charge in [-0.25, -0.2) is 4.79 Å². The molecule has 68 valence electrons. The zero-order valence-electron chi connectivity index (χ0n) is 6.85. The average molecular weight is 181 g/mol. The zero-order valence-corrected chi connectivity index (χ0v) is 6.85. The van der Waals surface area contributed by atoms with Crippen LogP contribution in [0, 0.1) is 0 Å². The number of ketones is 1. The number of aliphatic carboxylic acids is 1. The molecule has 0 saturated carbocycles. The Balaban J connectivity index is 3.10. The van der Waals surface area contributed by atoms with Crippen molar-refractivity contribution >= 4 is 18.0 Å². The number of carbonyl (C=O) groups excluding carboxylic acids is 2. The lowest BCUT2D eigenvalue weighted by Gasteiger charge is -1.89. The predicted molar refractivity (Wildman–Crippen MR) is 42.8 cm³/mol. The highest BCUT2D eigenvalue weighted by Crippen LogP contribution is 2.05. The third-order valence-corrected chi connectivity index (χ3v) is 1.62. The van der Waals surface area contributed by atoms with E-state index in [2.05, 4.69) is 0 Å². The van der Waals surface area contributed by atoms with E-state index in [1.54, 1.807) is 7.05 Å². The smallest absolute Gasteiger partial charge is 0.377 e. The first kappa shape index (κ1) is 9.18. The van der Waals surface area contributed by atoms with Crippen LogP contribution in [-0.2, 0) is 11.8 Å². The first-order chi connectivity index (χ1) is 6.06. The van der Waals surface area contributed by atoms with Crippen LogP contribution in [0.4, 0.5) is 0 Å². The molecule has 0 unspecified atom stereocenters. The molecule has 0 aromatic carbocycles. The van der Waals surface area contributed by atoms with E-state index in [1.807, 2.05) is 0 Å². The Kier molecular flexibility index (Phi) is 2.27. The van der Waals surface area contributed by atoms with Crippen molar-refractivity contribution in [1.82, 2.24) is 4.57 Å². The van der Waals surface area contributed by atoms with Gasteiger partial charge in [0, 0.05) is 18.8 Å².